The quantitative estimate of drug-likeness (QED) is 0.121. The van der Waals surface area contributed by atoms with Crippen molar-refractivity contribution in [2.24, 2.45) is 0 Å². The first kappa shape index (κ1) is 85.9. The van der Waals surface area contributed by atoms with E-state index in [9.17, 15) is 0 Å². The predicted octanol–water partition coefficient (Wildman–Crippen LogP) is 32.4. The fourth-order valence-corrected chi connectivity index (χ4v) is 20.1. The van der Waals surface area contributed by atoms with E-state index in [0.29, 0.717) is 0 Å². The topological polar surface area (TPSA) is 115 Å². The molecule has 0 fully saturated rings. The highest BCUT2D eigenvalue weighted by atomic mass is 14.8. The molecule has 0 spiro atoms. The SMILES string of the molecule is Cc1cc(C)c(-c2c3nc(c(-c4c(C)cc(C)cc4C)c4cc(-c5c6nc(c(-c7cc(C(C)(C)C)cc(C(C)(C)C)c7)c7ccc([nH]7)c(-c7cc(C(C)(C)C)cc(C(C)(C)C)c7)c7nc(c(-c8cc(C(C)(C)C)cc(C(C)(C)C)c8)c8ccc5[nH]8)C=C7)C=C6)c([nH]4)c(-c4c(C)cc(C)cc4C)c4nc(c(-c5c(C)cc(C)cc5C)c5ccc2[nH]5)C=C4)C=C3)c(C)c1. The van der Waals surface area contributed by atoms with Crippen LogP contribution >= 0.6 is 0 Å². The van der Waals surface area contributed by atoms with Crippen LogP contribution in [-0.2, 0) is 32.5 Å². The van der Waals surface area contributed by atoms with Crippen LogP contribution in [0, 0.1) is 83.1 Å². The van der Waals surface area contributed by atoms with Crippen molar-refractivity contribution >= 4 is 92.7 Å². The van der Waals surface area contributed by atoms with Crippen molar-refractivity contribution in [1.29, 1.82) is 0 Å². The number of nitrogens with one attached hydrogen (secondary N) is 4. The van der Waals surface area contributed by atoms with Gasteiger partial charge in [0.2, 0.25) is 0 Å². The number of benzene rings is 7. The summed E-state index contributed by atoms with van der Waals surface area (Å²) in [6.07, 6.45) is 18.2. The van der Waals surface area contributed by atoms with Gasteiger partial charge in [-0.25, -0.2) is 19.9 Å². The molecule has 4 N–H and O–H groups in total. The molecule has 126 heavy (non-hydrogen) atoms. The van der Waals surface area contributed by atoms with E-state index < -0.39 is 0 Å². The summed E-state index contributed by atoms with van der Waals surface area (Å²) < 4.78 is 0. The molecule has 7 aromatic carbocycles. The summed E-state index contributed by atoms with van der Waals surface area (Å²) in [7, 11) is 0. The van der Waals surface area contributed by atoms with E-state index in [-0.39, 0.29) is 32.5 Å². The minimum Gasteiger partial charge on any atom is -0.354 e. The first-order valence-corrected chi connectivity index (χ1v) is 45.3. The van der Waals surface area contributed by atoms with Crippen LogP contribution in [0.25, 0.3) is 182 Å². The molecule has 4 aliphatic rings. The summed E-state index contributed by atoms with van der Waals surface area (Å²) in [5.74, 6) is 0. The standard InChI is InChI=1S/C118H126N8/c1-63-45-67(5)100(68(6)46-63)108-93-39-40-94(123-93)109(101-69(7)47-64(2)48-70(101)8)96-43-44-98(125-96)111(103-73(11)51-66(4)52-74(103)12)112-84(62-99(126-112)110(97-42-41-95(108)124-97)102-71(9)49-65(3)50-72(102)10)107-91-37-35-89(121-91)105(76-55-80(115(19,20)21)60-81(56-76)116(22,23)24)87-33-31-85(119-87)104(75-53-78(113(13,14)15)59-79(54-75)114(16,17)18)86-32-34-88(120-86)106(90-36-38-92(107)122-90)77-57-82(117(25,26)27)61-83(58-77)118(28,29)30/h31-62,119,122-123,126H,1-30H3. The summed E-state index contributed by atoms with van der Waals surface area (Å²) in [6.45, 7) is 68.9. The highest BCUT2D eigenvalue weighted by Gasteiger charge is 2.33. The third-order valence-electron chi connectivity index (χ3n) is 26.5. The van der Waals surface area contributed by atoms with E-state index in [0.717, 1.165) is 201 Å². The molecule has 638 valence electrons. The molecular weight excluding hydrogens is 1530 g/mol. The Balaban J connectivity index is 1.15. The van der Waals surface area contributed by atoms with Gasteiger partial charge >= 0.3 is 0 Å². The lowest BCUT2D eigenvalue weighted by Gasteiger charge is -2.26. The van der Waals surface area contributed by atoms with Gasteiger partial charge < -0.3 is 19.9 Å². The van der Waals surface area contributed by atoms with Crippen LogP contribution in [0.15, 0.2) is 146 Å². The average molecular weight is 1660 g/mol. The van der Waals surface area contributed by atoms with Crippen LogP contribution < -0.4 is 0 Å². The number of aromatic amines is 4. The van der Waals surface area contributed by atoms with Crippen LogP contribution in [0.4, 0.5) is 0 Å². The van der Waals surface area contributed by atoms with Gasteiger partial charge in [0.05, 0.1) is 51.1 Å². The summed E-state index contributed by atoms with van der Waals surface area (Å²) in [4.78, 5) is 41.9. The number of H-pyrrole nitrogens is 4. The normalized spacial score (nSPS) is 13.2. The highest BCUT2D eigenvalue weighted by molar-refractivity contribution is 6.10. The molecule has 8 heteroatoms. The Kier molecular flexibility index (Phi) is 21.0. The fourth-order valence-electron chi connectivity index (χ4n) is 20.1. The number of aromatic nitrogens is 8. The maximum Gasteiger partial charge on any atom is 0.0738 e. The Labute approximate surface area is 748 Å². The van der Waals surface area contributed by atoms with Gasteiger partial charge in [0, 0.05) is 88.7 Å². The Morgan fingerprint density at radius 3 is 0.611 bits per heavy atom. The van der Waals surface area contributed by atoms with Gasteiger partial charge in [-0.1, -0.05) is 250 Å². The lowest BCUT2D eigenvalue weighted by molar-refractivity contribution is 0.568. The number of nitrogens with zero attached hydrogens (tertiary/aromatic N) is 4. The zero-order chi connectivity index (χ0) is 90.2. The van der Waals surface area contributed by atoms with Crippen molar-refractivity contribution in [2.75, 3.05) is 0 Å². The summed E-state index contributed by atoms with van der Waals surface area (Å²) in [6, 6.07) is 56.7. The molecule has 0 atom stereocenters. The van der Waals surface area contributed by atoms with Crippen molar-refractivity contribution in [2.45, 2.75) is 240 Å². The molecule has 0 radical (unpaired) electrons. The van der Waals surface area contributed by atoms with E-state index in [4.69, 9.17) is 19.9 Å². The number of rotatable bonds is 8. The molecule has 8 nitrogen and oxygen atoms in total. The average Bonchev–Trinajstić information content (AvgIpc) is 1.64. The third-order valence-corrected chi connectivity index (χ3v) is 26.5. The molecule has 6 aromatic heterocycles. The van der Waals surface area contributed by atoms with Gasteiger partial charge in [-0.15, -0.1) is 0 Å². The number of aryl methyl sites for hydroxylation is 12. The van der Waals surface area contributed by atoms with Gasteiger partial charge in [-0.05, 0) is 323 Å². The van der Waals surface area contributed by atoms with Crippen LogP contribution in [0.3, 0.4) is 0 Å². The molecule has 0 aliphatic carbocycles. The molecule has 10 heterocycles. The summed E-state index contributed by atoms with van der Waals surface area (Å²) in [5, 5.41) is 0. The Hall–Kier alpha value is -12.3. The molecule has 13 aromatic rings. The summed E-state index contributed by atoms with van der Waals surface area (Å²) >= 11 is 0. The van der Waals surface area contributed by atoms with Gasteiger partial charge in [-0.3, -0.25) is 0 Å². The molecule has 0 amide bonds. The Morgan fingerprint density at radius 1 is 0.183 bits per heavy atom. The van der Waals surface area contributed by atoms with Crippen molar-refractivity contribution in [3.8, 4) is 89.0 Å². The summed E-state index contributed by atoms with van der Waals surface area (Å²) in [5.41, 5.74) is 51.2. The third kappa shape index (κ3) is 15.8. The second-order valence-corrected chi connectivity index (χ2v) is 43.2. The lowest BCUT2D eigenvalue weighted by atomic mass is 9.78. The van der Waals surface area contributed by atoms with Gasteiger partial charge in [0.1, 0.15) is 0 Å². The molecular formula is C118H126N8. The van der Waals surface area contributed by atoms with Gasteiger partial charge in [-0.2, -0.15) is 0 Å². The second-order valence-electron chi connectivity index (χ2n) is 43.2. The maximum absolute atomic E-state index is 6.30. The molecule has 17 rings (SSSR count). The highest BCUT2D eigenvalue weighted by Crippen LogP contribution is 2.51. The monoisotopic (exact) mass is 1660 g/mol. The van der Waals surface area contributed by atoms with Gasteiger partial charge in [0.25, 0.3) is 0 Å². The molecule has 16 bridgehead atoms. The van der Waals surface area contributed by atoms with E-state index in [2.05, 4.69) is 422 Å². The van der Waals surface area contributed by atoms with E-state index >= 15 is 0 Å². The first-order valence-electron chi connectivity index (χ1n) is 45.3. The number of fused-ring (bicyclic) bond motifs is 16. The van der Waals surface area contributed by atoms with Crippen molar-refractivity contribution in [1.82, 2.24) is 39.9 Å². The Morgan fingerprint density at radius 2 is 0.373 bits per heavy atom. The first-order chi connectivity index (χ1) is 59.1. The van der Waals surface area contributed by atoms with E-state index in [1.54, 1.807) is 0 Å². The molecule has 0 unspecified atom stereocenters. The van der Waals surface area contributed by atoms with Crippen LogP contribution in [0.5, 0.6) is 0 Å². The number of hydrogen-bond acceptors (Lipinski definition) is 4. The largest absolute Gasteiger partial charge is 0.354 e. The lowest BCUT2D eigenvalue weighted by Crippen LogP contribution is -2.16. The van der Waals surface area contributed by atoms with Crippen LogP contribution in [0.1, 0.15) is 270 Å². The zero-order valence-corrected chi connectivity index (χ0v) is 80.3. The van der Waals surface area contributed by atoms with Crippen molar-refractivity contribution in [3.63, 3.8) is 0 Å². The minimum absolute atomic E-state index is 0.168. The van der Waals surface area contributed by atoms with Crippen LogP contribution in [-0.4, -0.2) is 39.9 Å². The van der Waals surface area contributed by atoms with Gasteiger partial charge in [0.15, 0.2) is 0 Å². The number of hydrogen-bond donors (Lipinski definition) is 4. The Bertz CT molecular complexity index is 7040. The molecule has 0 saturated heterocycles. The minimum atomic E-state index is -0.206. The molecule has 0 saturated carbocycles. The van der Waals surface area contributed by atoms with E-state index in [1.165, 1.54) is 77.9 Å². The molecule has 4 aliphatic heterocycles. The fraction of sp³-hybridized carbons (Fsp3) is 0.305. The predicted molar refractivity (Wildman–Crippen MR) is 544 cm³/mol. The second kappa shape index (κ2) is 30.8. The van der Waals surface area contributed by atoms with Crippen molar-refractivity contribution in [3.05, 3.63) is 291 Å². The maximum atomic E-state index is 6.30. The van der Waals surface area contributed by atoms with E-state index in [1.807, 2.05) is 0 Å². The van der Waals surface area contributed by atoms with Crippen molar-refractivity contribution < 1.29 is 0 Å². The zero-order valence-electron chi connectivity index (χ0n) is 80.3. The smallest absolute Gasteiger partial charge is 0.0738 e. The van der Waals surface area contributed by atoms with Crippen LogP contribution in [0.2, 0.25) is 0 Å².